The number of carboxylic acid groups (broad SMARTS) is 1. The monoisotopic (exact) mass is 383 g/mol. The van der Waals surface area contributed by atoms with Gasteiger partial charge in [-0.15, -0.1) is 0 Å². The maximum atomic E-state index is 12.8. The molecule has 0 aliphatic rings. The predicted molar refractivity (Wildman–Crippen MR) is 73.7 cm³/mol. The number of pyridine rings is 1. The lowest BCUT2D eigenvalue weighted by atomic mass is 10.1. The molecule has 0 spiro atoms. The molecule has 1 aromatic rings. The van der Waals surface area contributed by atoms with E-state index in [1.54, 1.807) is 0 Å². The number of carboxylic acids is 1. The number of aliphatic carboxylic acids is 1. The van der Waals surface area contributed by atoms with Crippen LogP contribution >= 0.6 is 11.6 Å². The SMILES string of the molecule is COc1cc(C(C(=O)[O-])N(CC(=O)Cl)C(=O)C(F)(F)F)cc(OC)n1. The molecular weight excluding hydrogens is 373 g/mol. The third kappa shape index (κ3) is 5.21. The van der Waals surface area contributed by atoms with Crippen molar-refractivity contribution in [2.75, 3.05) is 20.8 Å². The van der Waals surface area contributed by atoms with Gasteiger partial charge < -0.3 is 24.3 Å². The third-order valence-corrected chi connectivity index (χ3v) is 2.99. The smallest absolute Gasteiger partial charge is 0.471 e. The van der Waals surface area contributed by atoms with Gasteiger partial charge in [-0.3, -0.25) is 9.59 Å². The fourth-order valence-electron chi connectivity index (χ4n) is 1.89. The first-order valence-electron chi connectivity index (χ1n) is 6.38. The first-order valence-corrected chi connectivity index (χ1v) is 6.76. The number of hydrogen-bond acceptors (Lipinski definition) is 7. The number of aromatic nitrogens is 1. The van der Waals surface area contributed by atoms with Crippen LogP contribution in [0.15, 0.2) is 12.1 Å². The fraction of sp³-hybridized carbons (Fsp3) is 0.385. The number of carbonyl (C=O) groups excluding carboxylic acids is 3. The molecule has 0 fully saturated rings. The fourth-order valence-corrected chi connectivity index (χ4v) is 2.02. The molecular formula is C13H11ClF3N2O6-. The molecule has 0 N–H and O–H groups in total. The topological polar surface area (TPSA) is 109 Å². The average molecular weight is 384 g/mol. The molecule has 1 unspecified atom stereocenters. The normalized spacial score (nSPS) is 12.2. The lowest BCUT2D eigenvalue weighted by Gasteiger charge is -2.32. The van der Waals surface area contributed by atoms with Crippen LogP contribution in [-0.2, 0) is 14.4 Å². The van der Waals surface area contributed by atoms with Crippen LogP contribution in [0.4, 0.5) is 13.2 Å². The molecule has 1 atom stereocenters. The van der Waals surface area contributed by atoms with Gasteiger partial charge in [0.05, 0.1) is 32.8 Å². The van der Waals surface area contributed by atoms with Gasteiger partial charge in [0.25, 0.3) is 0 Å². The number of alkyl halides is 3. The van der Waals surface area contributed by atoms with E-state index in [1.807, 2.05) is 0 Å². The first kappa shape index (κ1) is 20.5. The maximum Gasteiger partial charge on any atom is 0.471 e. The molecule has 12 heteroatoms. The molecule has 1 heterocycles. The number of methoxy groups -OCH3 is 2. The van der Waals surface area contributed by atoms with Crippen molar-refractivity contribution in [3.63, 3.8) is 0 Å². The highest BCUT2D eigenvalue weighted by Crippen LogP contribution is 2.30. The van der Waals surface area contributed by atoms with Gasteiger partial charge in [0.1, 0.15) is 0 Å². The molecule has 0 saturated heterocycles. The molecule has 0 aliphatic heterocycles. The van der Waals surface area contributed by atoms with Crippen molar-refractivity contribution < 1.29 is 42.1 Å². The van der Waals surface area contributed by atoms with Crippen molar-refractivity contribution in [1.29, 1.82) is 0 Å². The van der Waals surface area contributed by atoms with E-state index in [1.165, 1.54) is 14.2 Å². The Morgan fingerprint density at radius 1 is 1.24 bits per heavy atom. The maximum absolute atomic E-state index is 12.8. The molecule has 0 bridgehead atoms. The van der Waals surface area contributed by atoms with Crippen LogP contribution in [0.3, 0.4) is 0 Å². The molecule has 138 valence electrons. The molecule has 0 radical (unpaired) electrons. The molecule has 0 aromatic carbocycles. The van der Waals surface area contributed by atoms with Crippen molar-refractivity contribution in [3.05, 3.63) is 17.7 Å². The number of rotatable bonds is 7. The lowest BCUT2D eigenvalue weighted by molar-refractivity contribution is -0.312. The van der Waals surface area contributed by atoms with E-state index in [2.05, 4.69) is 4.98 Å². The summed E-state index contributed by atoms with van der Waals surface area (Å²) in [7, 11) is 2.33. The predicted octanol–water partition coefficient (Wildman–Crippen LogP) is 0.0461. The minimum atomic E-state index is -5.44. The van der Waals surface area contributed by atoms with Gasteiger partial charge in [-0.25, -0.2) is 0 Å². The Balaban J connectivity index is 3.51. The summed E-state index contributed by atoms with van der Waals surface area (Å²) >= 11 is 5.04. The Morgan fingerprint density at radius 2 is 1.72 bits per heavy atom. The van der Waals surface area contributed by atoms with Crippen LogP contribution in [0, 0.1) is 0 Å². The van der Waals surface area contributed by atoms with Crippen molar-refractivity contribution in [2.45, 2.75) is 12.2 Å². The van der Waals surface area contributed by atoms with E-state index in [-0.39, 0.29) is 22.2 Å². The number of carbonyl (C=O) groups is 3. The highest BCUT2D eigenvalue weighted by Gasteiger charge is 2.46. The number of hydrogen-bond donors (Lipinski definition) is 0. The van der Waals surface area contributed by atoms with Gasteiger partial charge in [0.2, 0.25) is 17.0 Å². The number of halogens is 4. The van der Waals surface area contributed by atoms with Crippen LogP contribution in [0.2, 0.25) is 0 Å². The lowest BCUT2D eigenvalue weighted by Crippen LogP contribution is -2.50. The zero-order chi connectivity index (χ0) is 19.4. The summed E-state index contributed by atoms with van der Waals surface area (Å²) in [6.07, 6.45) is -5.44. The molecule has 1 aromatic heterocycles. The van der Waals surface area contributed by atoms with Gasteiger partial charge in [-0.2, -0.15) is 18.2 Å². The van der Waals surface area contributed by atoms with E-state index in [0.717, 1.165) is 12.1 Å². The quantitative estimate of drug-likeness (QED) is 0.612. The van der Waals surface area contributed by atoms with E-state index in [0.29, 0.717) is 0 Å². The summed E-state index contributed by atoms with van der Waals surface area (Å²) in [4.78, 5) is 37.5. The zero-order valence-corrected chi connectivity index (χ0v) is 13.6. The largest absolute Gasteiger partial charge is 0.548 e. The second kappa shape index (κ2) is 8.01. The Morgan fingerprint density at radius 3 is 2.04 bits per heavy atom. The Bertz CT molecular complexity index is 660. The molecule has 25 heavy (non-hydrogen) atoms. The van der Waals surface area contributed by atoms with Crippen LogP contribution in [0.25, 0.3) is 0 Å². The summed E-state index contributed by atoms with van der Waals surface area (Å²) in [6, 6.07) is -0.376. The van der Waals surface area contributed by atoms with E-state index in [4.69, 9.17) is 21.1 Å². The van der Waals surface area contributed by atoms with Gasteiger partial charge in [-0.1, -0.05) is 0 Å². The van der Waals surface area contributed by atoms with Gasteiger partial charge in [0, 0.05) is 12.1 Å². The molecule has 1 amide bonds. The summed E-state index contributed by atoms with van der Waals surface area (Å²) in [5, 5.41) is 10.0. The van der Waals surface area contributed by atoms with Gasteiger partial charge in [-0.05, 0) is 17.2 Å². The van der Waals surface area contributed by atoms with E-state index < -0.39 is 35.9 Å². The minimum absolute atomic E-state index is 0.197. The second-order valence-corrected chi connectivity index (χ2v) is 4.91. The van der Waals surface area contributed by atoms with Crippen LogP contribution in [0.5, 0.6) is 11.8 Å². The molecule has 0 saturated carbocycles. The van der Waals surface area contributed by atoms with Crippen molar-refractivity contribution in [2.24, 2.45) is 0 Å². The summed E-state index contributed by atoms with van der Waals surface area (Å²) in [6.45, 7) is -1.31. The average Bonchev–Trinajstić information content (AvgIpc) is 2.51. The minimum Gasteiger partial charge on any atom is -0.548 e. The highest BCUT2D eigenvalue weighted by atomic mass is 35.5. The Kier molecular flexibility index (Phi) is 6.56. The standard InChI is InChI=1S/C13H12ClF3N2O6/c1-24-8-3-6(4-9(18-8)25-2)10(11(21)22)19(5-7(14)20)12(23)13(15,16)17/h3-4,10H,5H2,1-2H3,(H,21,22)/p-1. The third-order valence-electron chi connectivity index (χ3n) is 2.87. The van der Waals surface area contributed by atoms with Gasteiger partial charge in [0.15, 0.2) is 0 Å². The summed E-state index contributed by atoms with van der Waals surface area (Å²) in [5.41, 5.74) is -0.390. The summed E-state index contributed by atoms with van der Waals surface area (Å²) < 4.78 is 47.9. The molecule has 1 rings (SSSR count). The van der Waals surface area contributed by atoms with Crippen LogP contribution in [-0.4, -0.2) is 53.9 Å². The van der Waals surface area contributed by atoms with Crippen molar-refractivity contribution in [1.82, 2.24) is 9.88 Å². The highest BCUT2D eigenvalue weighted by molar-refractivity contribution is 6.64. The Labute approximate surface area is 144 Å². The molecule has 8 nitrogen and oxygen atoms in total. The number of nitrogens with zero attached hydrogens (tertiary/aromatic N) is 2. The van der Waals surface area contributed by atoms with E-state index >= 15 is 0 Å². The Hall–Kier alpha value is -2.56. The van der Waals surface area contributed by atoms with Crippen LogP contribution < -0.4 is 14.6 Å². The van der Waals surface area contributed by atoms with Crippen molar-refractivity contribution in [3.8, 4) is 11.8 Å². The number of amides is 1. The molecule has 0 aliphatic carbocycles. The summed E-state index contributed by atoms with van der Waals surface area (Å²) in [5.74, 6) is -5.05. The van der Waals surface area contributed by atoms with E-state index in [9.17, 15) is 32.7 Å². The first-order chi connectivity index (χ1) is 11.5. The second-order valence-electron chi connectivity index (χ2n) is 4.49. The number of ether oxygens (including phenoxy) is 2. The zero-order valence-electron chi connectivity index (χ0n) is 12.8. The van der Waals surface area contributed by atoms with Crippen LogP contribution in [0.1, 0.15) is 11.6 Å². The van der Waals surface area contributed by atoms with Crippen molar-refractivity contribution >= 4 is 28.7 Å². The van der Waals surface area contributed by atoms with Gasteiger partial charge >= 0.3 is 12.1 Å².